The number of benzene rings is 1. The molecule has 0 saturated heterocycles. The van der Waals surface area contributed by atoms with Gasteiger partial charge in [-0.3, -0.25) is 4.79 Å². The lowest BCUT2D eigenvalue weighted by Crippen LogP contribution is -2.40. The molecule has 1 atom stereocenters. The second-order valence-corrected chi connectivity index (χ2v) is 3.78. The molecule has 1 aromatic carbocycles. The first-order valence-corrected chi connectivity index (χ1v) is 5.15. The molecule has 0 aliphatic carbocycles. The summed E-state index contributed by atoms with van der Waals surface area (Å²) >= 11 is 0. The van der Waals surface area contributed by atoms with E-state index in [0.29, 0.717) is 6.54 Å². The number of likely N-dealkylation sites (N-methyl/N-ethyl adjacent to an activating group) is 1. The molecule has 0 saturated carbocycles. The second kappa shape index (κ2) is 7.25. The fourth-order valence-electron chi connectivity index (χ4n) is 1.40. The van der Waals surface area contributed by atoms with Crippen LogP contribution in [0.25, 0.3) is 0 Å². The molecule has 4 heteroatoms. The normalized spacial score (nSPS) is 11.4. The van der Waals surface area contributed by atoms with E-state index in [1.807, 2.05) is 18.2 Å². The number of nitrogens with zero attached hydrogens (tertiary/aromatic N) is 1. The zero-order valence-corrected chi connectivity index (χ0v) is 10.5. The van der Waals surface area contributed by atoms with Crippen molar-refractivity contribution >= 4 is 18.3 Å². The number of carbonyl (C=O) groups excluding carboxylic acids is 1. The molecule has 1 aromatic rings. The molecule has 3 nitrogen and oxygen atoms in total. The lowest BCUT2D eigenvalue weighted by atomic mass is 10.1. The summed E-state index contributed by atoms with van der Waals surface area (Å²) in [5.41, 5.74) is 6.75. The van der Waals surface area contributed by atoms with Gasteiger partial charge in [0.1, 0.15) is 0 Å². The third-order valence-electron chi connectivity index (χ3n) is 2.34. The number of hydrogen-bond donors (Lipinski definition) is 1. The Morgan fingerprint density at radius 1 is 1.38 bits per heavy atom. The summed E-state index contributed by atoms with van der Waals surface area (Å²) in [5, 5.41) is 0. The molecule has 0 bridgehead atoms. The summed E-state index contributed by atoms with van der Waals surface area (Å²) in [6, 6.07) is 9.70. The molecule has 0 fully saturated rings. The summed E-state index contributed by atoms with van der Waals surface area (Å²) in [4.78, 5) is 13.1. The lowest BCUT2D eigenvalue weighted by molar-refractivity contribution is -0.130. The summed E-state index contributed by atoms with van der Waals surface area (Å²) in [6.45, 7) is 2.42. The Labute approximate surface area is 103 Å². The van der Waals surface area contributed by atoms with Crippen LogP contribution >= 0.6 is 12.4 Å². The molecule has 2 N–H and O–H groups in total. The molecule has 1 amide bonds. The predicted molar refractivity (Wildman–Crippen MR) is 68.7 cm³/mol. The Morgan fingerprint density at radius 2 is 1.94 bits per heavy atom. The van der Waals surface area contributed by atoms with Gasteiger partial charge < -0.3 is 10.6 Å². The highest BCUT2D eigenvalue weighted by atomic mass is 35.5. The zero-order valence-electron chi connectivity index (χ0n) is 9.72. The average Bonchev–Trinajstić information content (AvgIpc) is 2.26. The van der Waals surface area contributed by atoms with Crippen LogP contribution in [0.3, 0.4) is 0 Å². The fraction of sp³-hybridized carbons (Fsp3) is 0.417. The van der Waals surface area contributed by atoms with Crippen LogP contribution in [0.5, 0.6) is 0 Å². The Balaban J connectivity index is 0.00000225. The predicted octanol–water partition coefficient (Wildman–Crippen LogP) is 1.46. The van der Waals surface area contributed by atoms with Crippen molar-refractivity contribution in [1.82, 2.24) is 4.90 Å². The molecule has 0 heterocycles. The molecule has 0 aromatic heterocycles. The minimum absolute atomic E-state index is 0. The van der Waals surface area contributed by atoms with E-state index >= 15 is 0 Å². The van der Waals surface area contributed by atoms with E-state index < -0.39 is 6.04 Å². The van der Waals surface area contributed by atoms with E-state index in [1.165, 1.54) is 5.56 Å². The molecule has 0 aliphatic rings. The highest BCUT2D eigenvalue weighted by Crippen LogP contribution is 2.01. The molecule has 16 heavy (non-hydrogen) atoms. The van der Waals surface area contributed by atoms with Gasteiger partial charge >= 0.3 is 0 Å². The van der Waals surface area contributed by atoms with Gasteiger partial charge in [-0.25, -0.2) is 0 Å². The van der Waals surface area contributed by atoms with Gasteiger partial charge in [0.25, 0.3) is 0 Å². The van der Waals surface area contributed by atoms with Crippen molar-refractivity contribution in [1.29, 1.82) is 0 Å². The topological polar surface area (TPSA) is 46.3 Å². The second-order valence-electron chi connectivity index (χ2n) is 3.78. The molecular weight excluding hydrogens is 224 g/mol. The van der Waals surface area contributed by atoms with E-state index in [4.69, 9.17) is 5.73 Å². The van der Waals surface area contributed by atoms with Crippen LogP contribution in [0, 0.1) is 0 Å². The van der Waals surface area contributed by atoms with Gasteiger partial charge in [0.05, 0.1) is 6.04 Å². The van der Waals surface area contributed by atoms with Crippen molar-refractivity contribution in [3.8, 4) is 0 Å². The van der Waals surface area contributed by atoms with Gasteiger partial charge in [0.15, 0.2) is 0 Å². The highest BCUT2D eigenvalue weighted by molar-refractivity contribution is 5.85. The quantitative estimate of drug-likeness (QED) is 0.869. The summed E-state index contributed by atoms with van der Waals surface area (Å²) < 4.78 is 0. The first-order valence-electron chi connectivity index (χ1n) is 5.15. The fourth-order valence-corrected chi connectivity index (χ4v) is 1.40. The van der Waals surface area contributed by atoms with Crippen molar-refractivity contribution in [2.75, 3.05) is 13.6 Å². The van der Waals surface area contributed by atoms with Gasteiger partial charge in [-0.1, -0.05) is 30.3 Å². The van der Waals surface area contributed by atoms with E-state index in [0.717, 1.165) is 6.42 Å². The van der Waals surface area contributed by atoms with Gasteiger partial charge in [-0.2, -0.15) is 0 Å². The van der Waals surface area contributed by atoms with Crippen LogP contribution in [0.2, 0.25) is 0 Å². The van der Waals surface area contributed by atoms with Crippen LogP contribution in [0.4, 0.5) is 0 Å². The van der Waals surface area contributed by atoms with E-state index in [9.17, 15) is 4.79 Å². The Kier molecular flexibility index (Phi) is 6.77. The lowest BCUT2D eigenvalue weighted by Gasteiger charge is -2.19. The monoisotopic (exact) mass is 242 g/mol. The van der Waals surface area contributed by atoms with Crippen LogP contribution in [0.1, 0.15) is 12.5 Å². The van der Waals surface area contributed by atoms with Gasteiger partial charge in [0, 0.05) is 13.6 Å². The molecule has 1 unspecified atom stereocenters. The average molecular weight is 243 g/mol. The molecule has 0 aliphatic heterocycles. The summed E-state index contributed by atoms with van der Waals surface area (Å²) in [5.74, 6) is -0.00840. The number of carbonyl (C=O) groups is 1. The van der Waals surface area contributed by atoms with Crippen LogP contribution in [-0.4, -0.2) is 30.4 Å². The van der Waals surface area contributed by atoms with Gasteiger partial charge in [-0.05, 0) is 18.9 Å². The maximum absolute atomic E-state index is 11.5. The summed E-state index contributed by atoms with van der Waals surface area (Å²) in [7, 11) is 1.79. The minimum Gasteiger partial charge on any atom is -0.344 e. The van der Waals surface area contributed by atoms with E-state index in [-0.39, 0.29) is 18.3 Å². The van der Waals surface area contributed by atoms with Crippen LogP contribution in [0.15, 0.2) is 30.3 Å². The van der Waals surface area contributed by atoms with Crippen molar-refractivity contribution in [3.05, 3.63) is 35.9 Å². The van der Waals surface area contributed by atoms with Gasteiger partial charge in [-0.15, -0.1) is 12.4 Å². The Morgan fingerprint density at radius 3 is 2.44 bits per heavy atom. The third-order valence-corrected chi connectivity index (χ3v) is 2.34. The largest absolute Gasteiger partial charge is 0.344 e. The Bertz CT molecular complexity index is 314. The number of amides is 1. The van der Waals surface area contributed by atoms with Gasteiger partial charge in [0.2, 0.25) is 5.91 Å². The van der Waals surface area contributed by atoms with Crippen molar-refractivity contribution in [3.63, 3.8) is 0 Å². The minimum atomic E-state index is -0.411. The maximum Gasteiger partial charge on any atom is 0.238 e. The van der Waals surface area contributed by atoms with Crippen molar-refractivity contribution in [2.24, 2.45) is 5.73 Å². The Hall–Kier alpha value is -1.06. The standard InChI is InChI=1S/C12H18N2O.ClH/c1-10(13)12(15)14(2)9-8-11-6-4-3-5-7-11;/h3-7,10H,8-9,13H2,1-2H3;1H. The highest BCUT2D eigenvalue weighted by Gasteiger charge is 2.12. The summed E-state index contributed by atoms with van der Waals surface area (Å²) in [6.07, 6.45) is 0.871. The first kappa shape index (κ1) is 14.9. The van der Waals surface area contributed by atoms with Crippen molar-refractivity contribution in [2.45, 2.75) is 19.4 Å². The molecule has 0 spiro atoms. The number of halogens is 1. The molecule has 0 radical (unpaired) electrons. The number of rotatable bonds is 4. The van der Waals surface area contributed by atoms with Crippen molar-refractivity contribution < 1.29 is 4.79 Å². The smallest absolute Gasteiger partial charge is 0.238 e. The van der Waals surface area contributed by atoms with E-state index in [2.05, 4.69) is 12.1 Å². The van der Waals surface area contributed by atoms with Crippen LogP contribution in [-0.2, 0) is 11.2 Å². The molecular formula is C12H19ClN2O. The number of hydrogen-bond acceptors (Lipinski definition) is 2. The third kappa shape index (κ3) is 4.64. The molecule has 90 valence electrons. The number of nitrogens with two attached hydrogens (primary N) is 1. The zero-order chi connectivity index (χ0) is 11.3. The molecule has 1 rings (SSSR count). The van der Waals surface area contributed by atoms with E-state index in [1.54, 1.807) is 18.9 Å². The maximum atomic E-state index is 11.5. The van der Waals surface area contributed by atoms with Crippen LogP contribution < -0.4 is 5.73 Å². The SMILES string of the molecule is CC(N)C(=O)N(C)CCc1ccccc1.Cl. The first-order chi connectivity index (χ1) is 7.11.